The molecule has 2 aromatic carbocycles. The first-order chi connectivity index (χ1) is 13.0. The van der Waals surface area contributed by atoms with Gasteiger partial charge in [0.1, 0.15) is 17.1 Å². The lowest BCUT2D eigenvalue weighted by atomic mass is 10.1. The SMILES string of the molecule is Cc1ccc2c(=O)cc(C(=O)Nc3cc(-c4ccc(F)cc4)no3)oc2c1. The molecule has 1 N–H and O–H groups in total. The summed E-state index contributed by atoms with van der Waals surface area (Å²) in [5.74, 6) is -1.07. The lowest BCUT2D eigenvalue weighted by Gasteiger charge is -2.03. The monoisotopic (exact) mass is 364 g/mol. The topological polar surface area (TPSA) is 85.3 Å². The molecule has 0 aliphatic carbocycles. The number of amides is 1. The number of carbonyl (C=O) groups is 1. The molecule has 0 aliphatic heterocycles. The van der Waals surface area contributed by atoms with E-state index < -0.39 is 5.91 Å². The van der Waals surface area contributed by atoms with E-state index in [1.807, 2.05) is 6.92 Å². The number of nitrogens with zero attached hydrogens (tertiary/aromatic N) is 1. The first kappa shape index (κ1) is 16.7. The Morgan fingerprint density at radius 2 is 1.85 bits per heavy atom. The van der Waals surface area contributed by atoms with E-state index in [0.29, 0.717) is 22.2 Å². The number of carbonyl (C=O) groups excluding carboxylic acids is 1. The zero-order valence-corrected chi connectivity index (χ0v) is 14.2. The van der Waals surface area contributed by atoms with E-state index >= 15 is 0 Å². The van der Waals surface area contributed by atoms with Crippen LogP contribution in [0.1, 0.15) is 16.1 Å². The van der Waals surface area contributed by atoms with E-state index in [0.717, 1.165) is 11.6 Å². The number of anilines is 1. The molecule has 27 heavy (non-hydrogen) atoms. The van der Waals surface area contributed by atoms with Gasteiger partial charge in [-0.15, -0.1) is 0 Å². The van der Waals surface area contributed by atoms with Crippen molar-refractivity contribution in [3.8, 4) is 11.3 Å². The lowest BCUT2D eigenvalue weighted by Crippen LogP contribution is -2.14. The molecule has 2 heterocycles. The van der Waals surface area contributed by atoms with Crippen LogP contribution >= 0.6 is 0 Å². The fourth-order valence-electron chi connectivity index (χ4n) is 2.64. The Hall–Kier alpha value is -3.74. The number of hydrogen-bond acceptors (Lipinski definition) is 5. The summed E-state index contributed by atoms with van der Waals surface area (Å²) in [5, 5.41) is 6.73. The van der Waals surface area contributed by atoms with Crippen molar-refractivity contribution in [2.45, 2.75) is 6.92 Å². The van der Waals surface area contributed by atoms with Gasteiger partial charge in [0, 0.05) is 17.7 Å². The minimum atomic E-state index is -0.641. The van der Waals surface area contributed by atoms with Crippen molar-refractivity contribution in [3.05, 3.63) is 82.0 Å². The summed E-state index contributed by atoms with van der Waals surface area (Å²) >= 11 is 0. The lowest BCUT2D eigenvalue weighted by molar-refractivity contribution is 0.0994. The second-order valence-electron chi connectivity index (χ2n) is 6.01. The Balaban J connectivity index is 1.60. The standard InChI is InChI=1S/C20H13FN2O4/c1-11-2-7-14-16(24)10-18(26-17(14)8-11)20(25)22-19-9-15(23-27-19)12-3-5-13(21)6-4-12/h2-10H,1H3,(H,22,25). The van der Waals surface area contributed by atoms with Gasteiger partial charge in [0.2, 0.25) is 5.88 Å². The van der Waals surface area contributed by atoms with Crippen LogP contribution in [-0.2, 0) is 0 Å². The Morgan fingerprint density at radius 3 is 2.63 bits per heavy atom. The van der Waals surface area contributed by atoms with Crippen molar-refractivity contribution in [3.63, 3.8) is 0 Å². The smallest absolute Gasteiger partial charge is 0.293 e. The number of fused-ring (bicyclic) bond motifs is 1. The minimum absolute atomic E-state index is 0.0753. The van der Waals surface area contributed by atoms with Crippen LogP contribution in [0.4, 0.5) is 10.3 Å². The number of aryl methyl sites for hydroxylation is 1. The van der Waals surface area contributed by atoms with Gasteiger partial charge < -0.3 is 8.94 Å². The van der Waals surface area contributed by atoms with Crippen LogP contribution in [-0.4, -0.2) is 11.1 Å². The van der Waals surface area contributed by atoms with E-state index in [1.54, 1.807) is 30.3 Å². The van der Waals surface area contributed by atoms with Gasteiger partial charge in [0.25, 0.3) is 5.91 Å². The predicted molar refractivity (Wildman–Crippen MR) is 97.1 cm³/mol. The Kier molecular flexibility index (Phi) is 4.04. The molecular weight excluding hydrogens is 351 g/mol. The van der Waals surface area contributed by atoms with Crippen molar-refractivity contribution < 1.29 is 18.1 Å². The van der Waals surface area contributed by atoms with Gasteiger partial charge in [-0.1, -0.05) is 11.2 Å². The molecule has 0 saturated carbocycles. The summed E-state index contributed by atoms with van der Waals surface area (Å²) in [6.07, 6.45) is 0. The highest BCUT2D eigenvalue weighted by atomic mass is 19.1. The molecule has 4 rings (SSSR count). The molecule has 0 spiro atoms. The van der Waals surface area contributed by atoms with E-state index in [2.05, 4.69) is 10.5 Å². The highest BCUT2D eigenvalue weighted by molar-refractivity contribution is 6.02. The van der Waals surface area contributed by atoms with Crippen LogP contribution < -0.4 is 10.7 Å². The third-order valence-corrected chi connectivity index (χ3v) is 4.00. The maximum absolute atomic E-state index is 13.0. The van der Waals surface area contributed by atoms with E-state index in [9.17, 15) is 14.0 Å². The fraction of sp³-hybridized carbons (Fsp3) is 0.0500. The number of rotatable bonds is 3. The van der Waals surface area contributed by atoms with Crippen molar-refractivity contribution in [2.75, 3.05) is 5.32 Å². The average Bonchev–Trinajstić information content (AvgIpc) is 3.10. The average molecular weight is 364 g/mol. The second-order valence-corrected chi connectivity index (χ2v) is 6.01. The van der Waals surface area contributed by atoms with Gasteiger partial charge >= 0.3 is 0 Å². The largest absolute Gasteiger partial charge is 0.451 e. The molecule has 7 heteroatoms. The minimum Gasteiger partial charge on any atom is -0.451 e. The zero-order chi connectivity index (χ0) is 19.0. The van der Waals surface area contributed by atoms with Crippen LogP contribution in [0.15, 0.2) is 68.3 Å². The molecule has 0 saturated heterocycles. The maximum atomic E-state index is 13.0. The number of nitrogens with one attached hydrogen (secondary N) is 1. The van der Waals surface area contributed by atoms with Crippen LogP contribution in [0.5, 0.6) is 0 Å². The molecule has 0 radical (unpaired) electrons. The Morgan fingerprint density at radius 1 is 1.07 bits per heavy atom. The maximum Gasteiger partial charge on any atom is 0.293 e. The molecule has 6 nitrogen and oxygen atoms in total. The van der Waals surface area contributed by atoms with Gasteiger partial charge in [-0.25, -0.2) is 4.39 Å². The molecule has 4 aromatic rings. The summed E-state index contributed by atoms with van der Waals surface area (Å²) < 4.78 is 23.6. The summed E-state index contributed by atoms with van der Waals surface area (Å²) in [5.41, 5.74) is 1.99. The van der Waals surface area contributed by atoms with Crippen molar-refractivity contribution >= 4 is 22.8 Å². The normalized spacial score (nSPS) is 10.9. The van der Waals surface area contributed by atoms with Crippen LogP contribution in [0.2, 0.25) is 0 Å². The summed E-state index contributed by atoms with van der Waals surface area (Å²) in [7, 11) is 0. The van der Waals surface area contributed by atoms with Crippen molar-refractivity contribution in [1.29, 1.82) is 0 Å². The van der Waals surface area contributed by atoms with E-state index in [4.69, 9.17) is 8.94 Å². The molecule has 0 atom stereocenters. The number of hydrogen-bond donors (Lipinski definition) is 1. The van der Waals surface area contributed by atoms with Gasteiger partial charge in [-0.2, -0.15) is 0 Å². The zero-order valence-electron chi connectivity index (χ0n) is 14.2. The molecule has 0 unspecified atom stereocenters. The Labute approximate surface area is 152 Å². The van der Waals surface area contributed by atoms with E-state index in [1.165, 1.54) is 18.2 Å². The third kappa shape index (κ3) is 3.35. The van der Waals surface area contributed by atoms with Gasteiger partial charge in [0.05, 0.1) is 5.39 Å². The molecule has 0 fully saturated rings. The molecule has 2 aromatic heterocycles. The number of halogens is 1. The number of aromatic nitrogens is 1. The fourth-order valence-corrected chi connectivity index (χ4v) is 2.64. The summed E-state index contributed by atoms with van der Waals surface area (Å²) in [6, 6.07) is 13.5. The van der Waals surface area contributed by atoms with E-state index in [-0.39, 0.29) is 22.9 Å². The molecule has 0 aliphatic rings. The first-order valence-corrected chi connectivity index (χ1v) is 8.08. The van der Waals surface area contributed by atoms with Gasteiger partial charge in [0.15, 0.2) is 11.2 Å². The van der Waals surface area contributed by atoms with Crippen LogP contribution in [0.25, 0.3) is 22.2 Å². The molecular formula is C20H13FN2O4. The van der Waals surface area contributed by atoms with Crippen LogP contribution in [0.3, 0.4) is 0 Å². The highest BCUT2D eigenvalue weighted by Crippen LogP contribution is 2.22. The third-order valence-electron chi connectivity index (χ3n) is 4.00. The molecule has 1 amide bonds. The molecule has 0 bridgehead atoms. The van der Waals surface area contributed by atoms with Gasteiger partial charge in [-0.05, 0) is 48.9 Å². The molecule has 134 valence electrons. The quantitative estimate of drug-likeness (QED) is 0.590. The second kappa shape index (κ2) is 6.53. The first-order valence-electron chi connectivity index (χ1n) is 8.08. The van der Waals surface area contributed by atoms with Gasteiger partial charge in [-0.3, -0.25) is 14.9 Å². The van der Waals surface area contributed by atoms with Crippen molar-refractivity contribution in [1.82, 2.24) is 5.16 Å². The predicted octanol–water partition coefficient (Wildman–Crippen LogP) is 4.15. The summed E-state index contributed by atoms with van der Waals surface area (Å²) in [6.45, 7) is 1.86. The Bertz CT molecular complexity index is 1210. The van der Waals surface area contributed by atoms with Crippen LogP contribution in [0, 0.1) is 12.7 Å². The summed E-state index contributed by atoms with van der Waals surface area (Å²) in [4.78, 5) is 24.6. The number of benzene rings is 2. The highest BCUT2D eigenvalue weighted by Gasteiger charge is 2.15. The van der Waals surface area contributed by atoms with Crippen molar-refractivity contribution in [2.24, 2.45) is 0 Å².